The maximum Gasteiger partial charge on any atom is 0.155 e. The number of pyridine rings is 1. The molecule has 0 aliphatic heterocycles. The lowest BCUT2D eigenvalue weighted by Gasteiger charge is -2.14. The maximum atomic E-state index is 5.96. The van der Waals surface area contributed by atoms with Crippen molar-refractivity contribution in [2.45, 2.75) is 26.7 Å². The minimum Gasteiger partial charge on any atom is -0.455 e. The molecule has 104 valence electrons. The van der Waals surface area contributed by atoms with Crippen LogP contribution in [0.2, 0.25) is 0 Å². The maximum absolute atomic E-state index is 5.96. The van der Waals surface area contributed by atoms with E-state index in [1.165, 1.54) is 5.56 Å². The fourth-order valence-corrected chi connectivity index (χ4v) is 2.04. The van der Waals surface area contributed by atoms with Crippen LogP contribution >= 0.6 is 12.2 Å². The van der Waals surface area contributed by atoms with Crippen molar-refractivity contribution in [1.29, 1.82) is 0 Å². The highest BCUT2D eigenvalue weighted by molar-refractivity contribution is 7.80. The van der Waals surface area contributed by atoms with E-state index in [2.05, 4.69) is 37.0 Å². The van der Waals surface area contributed by atoms with E-state index in [1.54, 1.807) is 18.5 Å². The van der Waals surface area contributed by atoms with Gasteiger partial charge >= 0.3 is 0 Å². The predicted molar refractivity (Wildman–Crippen MR) is 85.5 cm³/mol. The molecule has 0 aliphatic rings. The lowest BCUT2D eigenvalue weighted by atomic mass is 10.0. The molecule has 0 aliphatic carbocycles. The Bertz CT molecular complexity index is 638. The van der Waals surface area contributed by atoms with Crippen LogP contribution in [0, 0.1) is 6.92 Å². The number of ether oxygens (including phenoxy) is 1. The summed E-state index contributed by atoms with van der Waals surface area (Å²) in [6.07, 6.45) is 3.29. The molecule has 0 saturated heterocycles. The van der Waals surface area contributed by atoms with Crippen molar-refractivity contribution >= 4 is 17.2 Å². The molecule has 2 rings (SSSR count). The van der Waals surface area contributed by atoms with Gasteiger partial charge in [-0.15, -0.1) is 0 Å². The van der Waals surface area contributed by atoms with Crippen LogP contribution in [0.5, 0.6) is 11.5 Å². The highest BCUT2D eigenvalue weighted by atomic mass is 32.1. The molecule has 0 bridgehead atoms. The number of aromatic nitrogens is 1. The zero-order chi connectivity index (χ0) is 14.7. The summed E-state index contributed by atoms with van der Waals surface area (Å²) in [5.74, 6) is 1.84. The van der Waals surface area contributed by atoms with Crippen molar-refractivity contribution in [3.05, 3.63) is 53.3 Å². The van der Waals surface area contributed by atoms with Gasteiger partial charge < -0.3 is 10.5 Å². The molecule has 20 heavy (non-hydrogen) atoms. The molecule has 0 unspecified atom stereocenters. The Labute approximate surface area is 124 Å². The van der Waals surface area contributed by atoms with Gasteiger partial charge in [0.25, 0.3) is 0 Å². The summed E-state index contributed by atoms with van der Waals surface area (Å²) in [5, 5.41) is 0. The number of nitrogens with zero attached hydrogens (tertiary/aromatic N) is 1. The van der Waals surface area contributed by atoms with Gasteiger partial charge in [0.05, 0.1) is 11.8 Å². The van der Waals surface area contributed by atoms with E-state index in [4.69, 9.17) is 22.7 Å². The Balaban J connectivity index is 2.40. The molecule has 0 atom stereocenters. The molecule has 3 nitrogen and oxygen atoms in total. The van der Waals surface area contributed by atoms with Crippen molar-refractivity contribution in [1.82, 2.24) is 4.98 Å². The molecule has 1 aromatic heterocycles. The number of benzene rings is 1. The Morgan fingerprint density at radius 2 is 2.00 bits per heavy atom. The Hall–Kier alpha value is -1.94. The molecule has 0 fully saturated rings. The molecule has 1 aromatic carbocycles. The van der Waals surface area contributed by atoms with Crippen LogP contribution in [0.15, 0.2) is 36.7 Å². The van der Waals surface area contributed by atoms with Crippen molar-refractivity contribution in [2.24, 2.45) is 5.73 Å². The largest absolute Gasteiger partial charge is 0.455 e. The van der Waals surface area contributed by atoms with E-state index in [9.17, 15) is 0 Å². The summed E-state index contributed by atoms with van der Waals surface area (Å²) in [6.45, 7) is 6.31. The summed E-state index contributed by atoms with van der Waals surface area (Å²) in [4.78, 5) is 4.38. The van der Waals surface area contributed by atoms with Gasteiger partial charge in [-0.3, -0.25) is 4.98 Å². The van der Waals surface area contributed by atoms with Crippen LogP contribution in [0.1, 0.15) is 36.5 Å². The highest BCUT2D eigenvalue weighted by Gasteiger charge is 2.10. The van der Waals surface area contributed by atoms with E-state index in [-0.39, 0.29) is 0 Å². The van der Waals surface area contributed by atoms with Crippen LogP contribution in [0.25, 0.3) is 0 Å². The van der Waals surface area contributed by atoms with E-state index < -0.39 is 0 Å². The van der Waals surface area contributed by atoms with Gasteiger partial charge in [0.2, 0.25) is 0 Å². The molecule has 1 heterocycles. The highest BCUT2D eigenvalue weighted by Crippen LogP contribution is 2.30. The van der Waals surface area contributed by atoms with Crippen LogP contribution in [0.3, 0.4) is 0 Å². The van der Waals surface area contributed by atoms with Crippen LogP contribution in [-0.4, -0.2) is 9.97 Å². The normalized spacial score (nSPS) is 10.6. The molecule has 2 aromatic rings. The van der Waals surface area contributed by atoms with Crippen LogP contribution in [-0.2, 0) is 0 Å². The van der Waals surface area contributed by atoms with Gasteiger partial charge in [0, 0.05) is 6.20 Å². The Kier molecular flexibility index (Phi) is 4.35. The molecule has 4 heteroatoms. The summed E-state index contributed by atoms with van der Waals surface area (Å²) < 4.78 is 5.96. The standard InChI is InChI=1S/C16H18N2OS/c1-10(2)12-5-4-11(3)14(8-12)19-15-9-18-7-6-13(15)16(17)20/h4-10H,1-3H3,(H2,17,20). The van der Waals surface area contributed by atoms with E-state index in [0.29, 0.717) is 22.2 Å². The van der Waals surface area contributed by atoms with Crippen molar-refractivity contribution in [3.63, 3.8) is 0 Å². The van der Waals surface area contributed by atoms with Gasteiger partial charge in [-0.25, -0.2) is 0 Å². The minimum absolute atomic E-state index is 0.306. The zero-order valence-electron chi connectivity index (χ0n) is 11.9. The molecule has 2 N–H and O–H groups in total. The van der Waals surface area contributed by atoms with Gasteiger partial charge in [-0.05, 0) is 36.1 Å². The third kappa shape index (κ3) is 3.14. The topological polar surface area (TPSA) is 48.1 Å². The van der Waals surface area contributed by atoms with Gasteiger partial charge in [-0.1, -0.05) is 38.2 Å². The number of thiocarbonyl (C=S) groups is 1. The summed E-state index contributed by atoms with van der Waals surface area (Å²) in [6, 6.07) is 7.99. The summed E-state index contributed by atoms with van der Waals surface area (Å²) in [5.41, 5.74) is 8.70. The first kappa shape index (κ1) is 14.5. The summed E-state index contributed by atoms with van der Waals surface area (Å²) in [7, 11) is 0. The fourth-order valence-electron chi connectivity index (χ4n) is 1.87. The molecular weight excluding hydrogens is 268 g/mol. The van der Waals surface area contributed by atoms with Gasteiger partial charge in [0.1, 0.15) is 10.7 Å². The fraction of sp³-hybridized carbons (Fsp3) is 0.250. The molecule has 0 radical (unpaired) electrons. The minimum atomic E-state index is 0.306. The third-order valence-electron chi connectivity index (χ3n) is 3.15. The average Bonchev–Trinajstić information content (AvgIpc) is 2.41. The first-order valence-electron chi connectivity index (χ1n) is 6.51. The zero-order valence-corrected chi connectivity index (χ0v) is 12.7. The lowest BCUT2D eigenvalue weighted by Crippen LogP contribution is -2.11. The monoisotopic (exact) mass is 286 g/mol. The number of hydrogen-bond acceptors (Lipinski definition) is 3. The van der Waals surface area contributed by atoms with Gasteiger partial charge in [0.15, 0.2) is 5.75 Å². The second-order valence-electron chi connectivity index (χ2n) is 5.02. The Morgan fingerprint density at radius 1 is 1.25 bits per heavy atom. The second kappa shape index (κ2) is 6.01. The first-order chi connectivity index (χ1) is 9.49. The third-order valence-corrected chi connectivity index (χ3v) is 3.37. The predicted octanol–water partition coefficient (Wildman–Crippen LogP) is 3.94. The molecule has 0 spiro atoms. The lowest BCUT2D eigenvalue weighted by molar-refractivity contribution is 0.474. The first-order valence-corrected chi connectivity index (χ1v) is 6.92. The quantitative estimate of drug-likeness (QED) is 0.865. The van der Waals surface area contributed by atoms with Gasteiger partial charge in [-0.2, -0.15) is 0 Å². The molecule has 0 amide bonds. The van der Waals surface area contributed by atoms with Crippen LogP contribution in [0.4, 0.5) is 0 Å². The number of aryl methyl sites for hydroxylation is 1. The summed E-state index contributed by atoms with van der Waals surface area (Å²) >= 11 is 5.04. The van der Waals surface area contributed by atoms with Crippen molar-refractivity contribution < 1.29 is 4.74 Å². The van der Waals surface area contributed by atoms with E-state index in [1.807, 2.05) is 6.92 Å². The number of rotatable bonds is 4. The molecular formula is C16H18N2OS. The SMILES string of the molecule is Cc1ccc(C(C)C)cc1Oc1cnccc1C(N)=S. The number of hydrogen-bond donors (Lipinski definition) is 1. The van der Waals surface area contributed by atoms with Crippen LogP contribution < -0.4 is 10.5 Å². The van der Waals surface area contributed by atoms with E-state index in [0.717, 1.165) is 11.3 Å². The van der Waals surface area contributed by atoms with E-state index >= 15 is 0 Å². The molecule has 0 saturated carbocycles. The second-order valence-corrected chi connectivity index (χ2v) is 5.46. The smallest absolute Gasteiger partial charge is 0.155 e. The Morgan fingerprint density at radius 3 is 2.65 bits per heavy atom. The van der Waals surface area contributed by atoms with Crippen molar-refractivity contribution in [2.75, 3.05) is 0 Å². The number of nitrogens with two attached hydrogens (primary N) is 1. The average molecular weight is 286 g/mol. The van der Waals surface area contributed by atoms with Crippen molar-refractivity contribution in [3.8, 4) is 11.5 Å².